The van der Waals surface area contributed by atoms with Crippen molar-refractivity contribution in [1.82, 2.24) is 4.90 Å². The Bertz CT molecular complexity index is 223. The Kier molecular flexibility index (Phi) is 3.59. The van der Waals surface area contributed by atoms with Gasteiger partial charge >= 0.3 is 0 Å². The average Bonchev–Trinajstić information content (AvgIpc) is 3.10. The first-order chi connectivity index (χ1) is 7.33. The van der Waals surface area contributed by atoms with Gasteiger partial charge in [0.15, 0.2) is 0 Å². The zero-order chi connectivity index (χ0) is 10.7. The number of ether oxygens (including phenoxy) is 1. The van der Waals surface area contributed by atoms with Gasteiger partial charge in [-0.25, -0.2) is 0 Å². The topological polar surface area (TPSA) is 55.6 Å². The van der Waals surface area contributed by atoms with E-state index in [0.29, 0.717) is 31.0 Å². The molecule has 0 aromatic rings. The minimum Gasteiger partial charge on any atom is -0.381 e. The molecule has 15 heavy (non-hydrogen) atoms. The van der Waals surface area contributed by atoms with Gasteiger partial charge in [0.2, 0.25) is 5.91 Å². The first-order valence-corrected chi connectivity index (χ1v) is 5.91. The zero-order valence-electron chi connectivity index (χ0n) is 9.15. The van der Waals surface area contributed by atoms with Gasteiger partial charge in [0, 0.05) is 38.3 Å². The second-order valence-electron chi connectivity index (χ2n) is 4.44. The summed E-state index contributed by atoms with van der Waals surface area (Å²) in [7, 11) is 0. The molecule has 1 saturated heterocycles. The van der Waals surface area contributed by atoms with Crippen LogP contribution in [0.2, 0.25) is 0 Å². The van der Waals surface area contributed by atoms with Crippen LogP contribution in [0, 0.1) is 5.92 Å². The highest BCUT2D eigenvalue weighted by molar-refractivity contribution is 5.81. The summed E-state index contributed by atoms with van der Waals surface area (Å²) in [4.78, 5) is 14.0. The molecule has 0 radical (unpaired) electrons. The molecule has 2 fully saturated rings. The van der Waals surface area contributed by atoms with Crippen molar-refractivity contribution in [2.75, 3.05) is 26.3 Å². The molecule has 4 nitrogen and oxygen atoms in total. The van der Waals surface area contributed by atoms with Crippen LogP contribution in [0.25, 0.3) is 0 Å². The highest BCUT2D eigenvalue weighted by atomic mass is 16.5. The molecule has 86 valence electrons. The maximum Gasteiger partial charge on any atom is 0.225 e. The van der Waals surface area contributed by atoms with E-state index in [1.54, 1.807) is 0 Å². The van der Waals surface area contributed by atoms with Crippen LogP contribution >= 0.6 is 0 Å². The lowest BCUT2D eigenvalue weighted by molar-refractivity contribution is -0.136. The largest absolute Gasteiger partial charge is 0.381 e. The van der Waals surface area contributed by atoms with Crippen LogP contribution in [0.3, 0.4) is 0 Å². The molecule has 0 aromatic carbocycles. The van der Waals surface area contributed by atoms with E-state index in [1.165, 1.54) is 0 Å². The highest BCUT2D eigenvalue weighted by Gasteiger charge is 2.36. The van der Waals surface area contributed by atoms with E-state index < -0.39 is 0 Å². The molecule has 0 bridgehead atoms. The molecule has 0 aromatic heterocycles. The Balaban J connectivity index is 1.93. The third kappa shape index (κ3) is 2.69. The number of rotatable bonds is 4. The van der Waals surface area contributed by atoms with E-state index >= 15 is 0 Å². The summed E-state index contributed by atoms with van der Waals surface area (Å²) in [5.41, 5.74) is 5.57. The Labute approximate surface area is 90.8 Å². The number of nitrogens with zero attached hydrogens (tertiary/aromatic N) is 1. The van der Waals surface area contributed by atoms with Crippen molar-refractivity contribution in [1.29, 1.82) is 0 Å². The second kappa shape index (κ2) is 4.94. The van der Waals surface area contributed by atoms with Crippen LogP contribution in [0.1, 0.15) is 25.7 Å². The molecule has 0 spiro atoms. The Hall–Kier alpha value is -0.610. The lowest BCUT2D eigenvalue weighted by Gasteiger charge is -2.34. The molecule has 1 aliphatic heterocycles. The third-order valence-corrected chi connectivity index (χ3v) is 3.21. The Morgan fingerprint density at radius 2 is 1.93 bits per heavy atom. The van der Waals surface area contributed by atoms with Crippen molar-refractivity contribution in [3.05, 3.63) is 0 Å². The number of hydrogen-bond acceptors (Lipinski definition) is 3. The predicted octanol–water partition coefficient (Wildman–Crippen LogP) is 0.363. The lowest BCUT2D eigenvalue weighted by atomic mass is 10.1. The quantitative estimate of drug-likeness (QED) is 0.732. The van der Waals surface area contributed by atoms with Crippen molar-refractivity contribution >= 4 is 5.91 Å². The lowest BCUT2D eigenvalue weighted by Crippen LogP contribution is -2.46. The minimum absolute atomic E-state index is 0.305. The smallest absolute Gasteiger partial charge is 0.225 e. The summed E-state index contributed by atoms with van der Waals surface area (Å²) in [6.07, 6.45) is 4.09. The van der Waals surface area contributed by atoms with Crippen LogP contribution in [0.15, 0.2) is 0 Å². The average molecular weight is 212 g/mol. The van der Waals surface area contributed by atoms with Gasteiger partial charge in [0.05, 0.1) is 0 Å². The van der Waals surface area contributed by atoms with Gasteiger partial charge < -0.3 is 15.4 Å². The van der Waals surface area contributed by atoms with Crippen molar-refractivity contribution < 1.29 is 9.53 Å². The standard InChI is InChI=1S/C11H20N2O2/c12-5-6-13(11(14)9-1-2-9)10-3-7-15-8-4-10/h9-10H,1-8,12H2. The predicted molar refractivity (Wildman–Crippen MR) is 57.3 cm³/mol. The normalized spacial score (nSPS) is 22.7. The molecular formula is C11H20N2O2. The van der Waals surface area contributed by atoms with Crippen LogP contribution in [0.5, 0.6) is 0 Å². The Morgan fingerprint density at radius 1 is 1.27 bits per heavy atom. The second-order valence-corrected chi connectivity index (χ2v) is 4.44. The SMILES string of the molecule is NCCN(C(=O)C1CC1)C1CCOCC1. The van der Waals surface area contributed by atoms with E-state index in [1.807, 2.05) is 4.90 Å². The van der Waals surface area contributed by atoms with Crippen molar-refractivity contribution in [3.8, 4) is 0 Å². The van der Waals surface area contributed by atoms with Gasteiger partial charge in [-0.2, -0.15) is 0 Å². The summed E-state index contributed by atoms with van der Waals surface area (Å²) in [5, 5.41) is 0. The fourth-order valence-corrected chi connectivity index (χ4v) is 2.17. The maximum atomic E-state index is 12.0. The van der Waals surface area contributed by atoms with Gasteiger partial charge in [-0.1, -0.05) is 0 Å². The van der Waals surface area contributed by atoms with Crippen LogP contribution < -0.4 is 5.73 Å². The summed E-state index contributed by atoms with van der Waals surface area (Å²) in [6, 6.07) is 0.371. The van der Waals surface area contributed by atoms with Gasteiger partial charge in [0.25, 0.3) is 0 Å². The van der Waals surface area contributed by atoms with E-state index in [4.69, 9.17) is 10.5 Å². The Morgan fingerprint density at radius 3 is 2.47 bits per heavy atom. The number of carbonyl (C=O) groups excluding carboxylic acids is 1. The summed E-state index contributed by atoms with van der Waals surface area (Å²) in [5.74, 6) is 0.631. The summed E-state index contributed by atoms with van der Waals surface area (Å²) in [6.45, 7) is 2.84. The first-order valence-electron chi connectivity index (χ1n) is 5.91. The third-order valence-electron chi connectivity index (χ3n) is 3.21. The molecule has 1 aliphatic carbocycles. The van der Waals surface area contributed by atoms with E-state index in [2.05, 4.69) is 0 Å². The fourth-order valence-electron chi connectivity index (χ4n) is 2.17. The molecule has 0 unspecified atom stereocenters. The van der Waals surface area contributed by atoms with Crippen molar-refractivity contribution in [2.45, 2.75) is 31.7 Å². The van der Waals surface area contributed by atoms with Crippen LogP contribution in [-0.4, -0.2) is 43.2 Å². The molecule has 2 rings (SSSR count). The monoisotopic (exact) mass is 212 g/mol. The molecule has 0 atom stereocenters. The van der Waals surface area contributed by atoms with E-state index in [-0.39, 0.29) is 0 Å². The molecular weight excluding hydrogens is 192 g/mol. The van der Waals surface area contributed by atoms with Crippen molar-refractivity contribution in [3.63, 3.8) is 0 Å². The van der Waals surface area contributed by atoms with Gasteiger partial charge in [-0.15, -0.1) is 0 Å². The fraction of sp³-hybridized carbons (Fsp3) is 0.909. The van der Waals surface area contributed by atoms with Gasteiger partial charge in [-0.05, 0) is 25.7 Å². The molecule has 4 heteroatoms. The van der Waals surface area contributed by atoms with Gasteiger partial charge in [0.1, 0.15) is 0 Å². The van der Waals surface area contributed by atoms with Gasteiger partial charge in [-0.3, -0.25) is 4.79 Å². The highest BCUT2D eigenvalue weighted by Crippen LogP contribution is 2.32. The summed E-state index contributed by atoms with van der Waals surface area (Å²) < 4.78 is 5.31. The number of hydrogen-bond donors (Lipinski definition) is 1. The number of amides is 1. The molecule has 1 amide bonds. The number of nitrogens with two attached hydrogens (primary N) is 1. The van der Waals surface area contributed by atoms with E-state index in [0.717, 1.165) is 38.9 Å². The zero-order valence-corrected chi connectivity index (χ0v) is 9.15. The van der Waals surface area contributed by atoms with Crippen LogP contribution in [-0.2, 0) is 9.53 Å². The molecule has 2 N–H and O–H groups in total. The van der Waals surface area contributed by atoms with Crippen LogP contribution in [0.4, 0.5) is 0 Å². The number of carbonyl (C=O) groups is 1. The van der Waals surface area contributed by atoms with E-state index in [9.17, 15) is 4.79 Å². The molecule has 2 aliphatic rings. The molecule has 1 heterocycles. The maximum absolute atomic E-state index is 12.0. The summed E-state index contributed by atoms with van der Waals surface area (Å²) >= 11 is 0. The minimum atomic E-state index is 0.305. The first kappa shape index (κ1) is 10.9. The molecule has 1 saturated carbocycles. The van der Waals surface area contributed by atoms with Crippen molar-refractivity contribution in [2.24, 2.45) is 11.7 Å².